The van der Waals surface area contributed by atoms with Crippen molar-refractivity contribution < 1.29 is 9.90 Å². The topological polar surface area (TPSA) is 47.0 Å². The van der Waals surface area contributed by atoms with Gasteiger partial charge in [0.05, 0.1) is 17.2 Å². The number of carbonyl (C=O) groups excluding carboxylic acids is 1. The number of rotatable bonds is 4. The number of carbonyl (C=O) groups is 1. The van der Waals surface area contributed by atoms with Gasteiger partial charge in [0.15, 0.2) is 0 Å². The maximum atomic E-state index is 12.9. The molecule has 1 N–H and O–H groups in total. The van der Waals surface area contributed by atoms with Crippen LogP contribution in [0.2, 0.25) is 10.0 Å². The van der Waals surface area contributed by atoms with Gasteiger partial charge in [0.1, 0.15) is 0 Å². The lowest BCUT2D eigenvalue weighted by molar-refractivity contribution is 0.0423. The van der Waals surface area contributed by atoms with Gasteiger partial charge in [-0.1, -0.05) is 35.3 Å². The van der Waals surface area contributed by atoms with Crippen LogP contribution in [0.25, 0.3) is 0 Å². The highest BCUT2D eigenvalue weighted by molar-refractivity contribution is 9.10. The van der Waals surface area contributed by atoms with Gasteiger partial charge in [-0.2, -0.15) is 0 Å². The van der Waals surface area contributed by atoms with E-state index >= 15 is 0 Å². The predicted molar refractivity (Wildman–Crippen MR) is 123 cm³/mol. The van der Waals surface area contributed by atoms with Gasteiger partial charge in [-0.25, -0.2) is 0 Å². The van der Waals surface area contributed by atoms with Crippen LogP contribution < -0.4 is 0 Å². The maximum absolute atomic E-state index is 12.9. The Hall–Kier alpha value is -1.15. The van der Waals surface area contributed by atoms with Crippen LogP contribution >= 0.6 is 39.1 Å². The minimum absolute atomic E-state index is 0.0256. The molecule has 2 saturated heterocycles. The molecule has 0 aliphatic carbocycles. The van der Waals surface area contributed by atoms with E-state index in [1.165, 1.54) is 5.56 Å². The molecule has 30 heavy (non-hydrogen) atoms. The molecule has 0 aromatic heterocycles. The summed E-state index contributed by atoms with van der Waals surface area (Å²) in [7, 11) is 0. The quantitative estimate of drug-likeness (QED) is 0.677. The Bertz CT molecular complexity index is 904. The molecule has 0 saturated carbocycles. The van der Waals surface area contributed by atoms with Gasteiger partial charge in [-0.05, 0) is 51.8 Å². The zero-order valence-electron chi connectivity index (χ0n) is 16.5. The zero-order chi connectivity index (χ0) is 21.3. The Labute approximate surface area is 195 Å². The van der Waals surface area contributed by atoms with E-state index in [0.717, 1.165) is 37.7 Å². The fraction of sp³-hybridized carbons (Fsp3) is 0.409. The van der Waals surface area contributed by atoms with Crippen LogP contribution in [0.15, 0.2) is 46.9 Å². The first-order valence-corrected chi connectivity index (χ1v) is 11.6. The summed E-state index contributed by atoms with van der Waals surface area (Å²) in [5, 5.41) is 12.0. The minimum Gasteiger partial charge on any atom is -0.390 e. The van der Waals surface area contributed by atoms with Crippen molar-refractivity contribution in [2.24, 2.45) is 0 Å². The number of amides is 1. The van der Waals surface area contributed by atoms with Gasteiger partial charge in [-0.3, -0.25) is 14.6 Å². The van der Waals surface area contributed by atoms with Gasteiger partial charge >= 0.3 is 0 Å². The highest BCUT2D eigenvalue weighted by atomic mass is 79.9. The van der Waals surface area contributed by atoms with Gasteiger partial charge in [0.2, 0.25) is 0 Å². The van der Waals surface area contributed by atoms with E-state index in [0.29, 0.717) is 28.1 Å². The number of benzene rings is 2. The Kier molecular flexibility index (Phi) is 7.02. The summed E-state index contributed by atoms with van der Waals surface area (Å²) in [5.74, 6) is -0.0738. The molecule has 2 aliphatic rings. The van der Waals surface area contributed by atoms with Gasteiger partial charge in [-0.15, -0.1) is 0 Å². The normalized spacial score (nSPS) is 23.1. The molecule has 4 rings (SSSR count). The van der Waals surface area contributed by atoms with Crippen molar-refractivity contribution in [3.05, 3.63) is 68.1 Å². The highest BCUT2D eigenvalue weighted by Crippen LogP contribution is 2.26. The van der Waals surface area contributed by atoms with E-state index in [9.17, 15) is 9.90 Å². The number of nitrogens with zero attached hydrogens (tertiary/aromatic N) is 3. The number of hydrogen-bond acceptors (Lipinski definition) is 4. The van der Waals surface area contributed by atoms with E-state index in [4.69, 9.17) is 23.2 Å². The first-order chi connectivity index (χ1) is 14.4. The zero-order valence-corrected chi connectivity index (χ0v) is 19.6. The molecule has 2 heterocycles. The van der Waals surface area contributed by atoms with Crippen LogP contribution in [0.1, 0.15) is 15.9 Å². The molecule has 2 aromatic rings. The summed E-state index contributed by atoms with van der Waals surface area (Å²) in [6.07, 6.45) is -0.535. The van der Waals surface area contributed by atoms with E-state index in [-0.39, 0.29) is 11.9 Å². The molecule has 0 spiro atoms. The summed E-state index contributed by atoms with van der Waals surface area (Å²) in [5.41, 5.74) is 1.83. The van der Waals surface area contributed by atoms with E-state index < -0.39 is 6.10 Å². The summed E-state index contributed by atoms with van der Waals surface area (Å²) < 4.78 is 0.697. The molecule has 2 aliphatic heterocycles. The van der Waals surface area contributed by atoms with E-state index in [1.807, 2.05) is 12.1 Å². The van der Waals surface area contributed by atoms with Crippen molar-refractivity contribution >= 4 is 45.0 Å². The van der Waals surface area contributed by atoms with Crippen molar-refractivity contribution in [3.63, 3.8) is 0 Å². The number of hydrogen-bond donors (Lipinski definition) is 1. The summed E-state index contributed by atoms with van der Waals surface area (Å²) >= 11 is 15.4. The van der Waals surface area contributed by atoms with Crippen LogP contribution in [-0.2, 0) is 6.54 Å². The molecule has 1 amide bonds. The highest BCUT2D eigenvalue weighted by Gasteiger charge is 2.38. The Morgan fingerprint density at radius 3 is 2.40 bits per heavy atom. The van der Waals surface area contributed by atoms with Crippen LogP contribution in [-0.4, -0.2) is 77.1 Å². The Morgan fingerprint density at radius 2 is 1.73 bits per heavy atom. The molecule has 2 aromatic carbocycles. The van der Waals surface area contributed by atoms with Crippen molar-refractivity contribution in [1.29, 1.82) is 0 Å². The molecule has 2 atom stereocenters. The third-order valence-electron chi connectivity index (χ3n) is 5.91. The molecule has 5 nitrogen and oxygen atoms in total. The molecular weight excluding hydrogens is 489 g/mol. The van der Waals surface area contributed by atoms with Gasteiger partial charge in [0.25, 0.3) is 5.91 Å². The lowest BCUT2D eigenvalue weighted by Crippen LogP contribution is -2.53. The molecule has 2 fully saturated rings. The predicted octanol–water partition coefficient (Wildman–Crippen LogP) is 3.76. The smallest absolute Gasteiger partial charge is 0.254 e. The monoisotopic (exact) mass is 511 g/mol. The van der Waals surface area contributed by atoms with E-state index in [2.05, 4.69) is 37.9 Å². The van der Waals surface area contributed by atoms with Crippen molar-refractivity contribution in [2.45, 2.75) is 18.7 Å². The van der Waals surface area contributed by atoms with Crippen LogP contribution in [0, 0.1) is 0 Å². The second kappa shape index (κ2) is 9.55. The molecular formula is C22H24BrCl2N3O2. The van der Waals surface area contributed by atoms with Crippen LogP contribution in [0.3, 0.4) is 0 Å². The fourth-order valence-corrected chi connectivity index (χ4v) is 4.83. The number of likely N-dealkylation sites (tertiary alicyclic amines) is 1. The first kappa shape index (κ1) is 22.1. The maximum Gasteiger partial charge on any atom is 0.254 e. The van der Waals surface area contributed by atoms with Crippen LogP contribution in [0.4, 0.5) is 0 Å². The summed E-state index contributed by atoms with van der Waals surface area (Å²) in [6.45, 7) is 5.42. The SMILES string of the molecule is O=C(c1ccc(Cl)c(Br)c1)N1C[C@@H](O)[C@H](N2CCN(Cc3ccc(Cl)cc3)CC2)C1. The number of piperazine rings is 1. The molecule has 0 unspecified atom stereocenters. The molecule has 0 bridgehead atoms. The summed E-state index contributed by atoms with van der Waals surface area (Å²) in [4.78, 5) is 19.3. The van der Waals surface area contributed by atoms with Crippen molar-refractivity contribution in [1.82, 2.24) is 14.7 Å². The lowest BCUT2D eigenvalue weighted by Gasteiger charge is -2.38. The number of aliphatic hydroxyl groups excluding tert-OH is 1. The molecule has 0 radical (unpaired) electrons. The molecule has 8 heteroatoms. The van der Waals surface area contributed by atoms with E-state index in [1.54, 1.807) is 23.1 Å². The second-order valence-electron chi connectivity index (χ2n) is 7.91. The molecule has 160 valence electrons. The minimum atomic E-state index is -0.535. The lowest BCUT2D eigenvalue weighted by atomic mass is 10.1. The average Bonchev–Trinajstić information content (AvgIpc) is 3.13. The largest absolute Gasteiger partial charge is 0.390 e. The van der Waals surface area contributed by atoms with Gasteiger partial charge < -0.3 is 10.0 Å². The second-order valence-corrected chi connectivity index (χ2v) is 9.61. The van der Waals surface area contributed by atoms with Crippen molar-refractivity contribution in [2.75, 3.05) is 39.3 Å². The Balaban J connectivity index is 1.32. The first-order valence-electron chi connectivity index (χ1n) is 10.0. The standard InChI is InChI=1S/C22H24BrCl2N3O2/c23-18-11-16(3-6-19(18)25)22(30)28-13-20(21(29)14-28)27-9-7-26(8-10-27)12-15-1-4-17(24)5-2-15/h1-6,11,20-21,29H,7-10,12-14H2/t20-,21-/m1/s1. The Morgan fingerprint density at radius 1 is 1.03 bits per heavy atom. The van der Waals surface area contributed by atoms with Crippen LogP contribution in [0.5, 0.6) is 0 Å². The number of β-amino-alcohol motifs (C(OH)–C–C–N with tert-alkyl or cyclic N) is 1. The van der Waals surface area contributed by atoms with Crippen molar-refractivity contribution in [3.8, 4) is 0 Å². The number of aliphatic hydroxyl groups is 1. The number of halogens is 3. The third-order valence-corrected chi connectivity index (χ3v) is 7.37. The fourth-order valence-electron chi connectivity index (χ4n) is 4.21. The summed E-state index contributed by atoms with van der Waals surface area (Å²) in [6, 6.07) is 13.1. The third kappa shape index (κ3) is 5.01. The van der Waals surface area contributed by atoms with Gasteiger partial charge in [0, 0.05) is 60.9 Å². The average molecular weight is 513 g/mol.